The van der Waals surface area contributed by atoms with E-state index >= 15 is 0 Å². The second-order valence-corrected chi connectivity index (χ2v) is 10.4. The maximum absolute atomic E-state index is 13.3. The highest BCUT2D eigenvalue weighted by molar-refractivity contribution is 7.89. The minimum atomic E-state index is -3.74. The molecule has 176 valence electrons. The molecule has 0 aromatic heterocycles. The predicted molar refractivity (Wildman–Crippen MR) is 124 cm³/mol. The number of amides is 2. The molecule has 0 bridgehead atoms. The highest BCUT2D eigenvalue weighted by Crippen LogP contribution is 2.29. The molecular formula is C24H29N3O5S. The average Bonchev–Trinajstić information content (AvgIpc) is 3.02. The molecule has 2 heterocycles. The SMILES string of the molecule is COc1ccc(CNC(=O)C2CCCN(S(=O)(=O)c3ccc4c(c3)CCCC(=O)N4)C2)cc1. The monoisotopic (exact) mass is 471 g/mol. The molecule has 1 atom stereocenters. The van der Waals surface area contributed by atoms with Crippen LogP contribution in [0.25, 0.3) is 0 Å². The first-order chi connectivity index (χ1) is 15.9. The van der Waals surface area contributed by atoms with E-state index in [2.05, 4.69) is 10.6 Å². The molecule has 4 rings (SSSR count). The number of nitrogens with zero attached hydrogens (tertiary/aromatic N) is 1. The maximum atomic E-state index is 13.3. The number of nitrogens with one attached hydrogen (secondary N) is 2. The van der Waals surface area contributed by atoms with Crippen molar-refractivity contribution in [2.75, 3.05) is 25.5 Å². The first-order valence-electron chi connectivity index (χ1n) is 11.2. The van der Waals surface area contributed by atoms with Gasteiger partial charge < -0.3 is 15.4 Å². The molecule has 33 heavy (non-hydrogen) atoms. The van der Waals surface area contributed by atoms with Gasteiger partial charge in [0, 0.05) is 31.7 Å². The van der Waals surface area contributed by atoms with Crippen LogP contribution in [-0.2, 0) is 32.6 Å². The maximum Gasteiger partial charge on any atom is 0.243 e. The van der Waals surface area contributed by atoms with Crippen LogP contribution in [0.5, 0.6) is 5.75 Å². The molecule has 8 nitrogen and oxygen atoms in total. The van der Waals surface area contributed by atoms with Gasteiger partial charge in [-0.25, -0.2) is 8.42 Å². The van der Waals surface area contributed by atoms with Gasteiger partial charge in [0.05, 0.1) is 17.9 Å². The lowest BCUT2D eigenvalue weighted by molar-refractivity contribution is -0.126. The molecule has 2 aromatic rings. The Balaban J connectivity index is 1.42. The molecule has 2 aliphatic rings. The Hall–Kier alpha value is -2.91. The Labute approximate surface area is 194 Å². The number of benzene rings is 2. The standard InChI is InChI=1S/C24H29N3O5S/c1-32-20-9-7-17(8-10-20)15-25-24(29)19-5-3-13-27(16-19)33(30,31)21-11-12-22-18(14-21)4-2-6-23(28)26-22/h7-12,14,19H,2-6,13,15-16H2,1H3,(H,25,29)(H,26,28). The summed E-state index contributed by atoms with van der Waals surface area (Å²) in [6, 6.07) is 12.3. The van der Waals surface area contributed by atoms with Crippen molar-refractivity contribution in [1.29, 1.82) is 0 Å². The van der Waals surface area contributed by atoms with Gasteiger partial charge in [0.2, 0.25) is 21.8 Å². The van der Waals surface area contributed by atoms with Crippen LogP contribution in [-0.4, -0.2) is 44.7 Å². The van der Waals surface area contributed by atoms with Gasteiger partial charge in [0.1, 0.15) is 5.75 Å². The van der Waals surface area contributed by atoms with Gasteiger partial charge in [-0.2, -0.15) is 4.31 Å². The minimum Gasteiger partial charge on any atom is -0.497 e. The number of anilines is 1. The van der Waals surface area contributed by atoms with Crippen molar-refractivity contribution >= 4 is 27.5 Å². The minimum absolute atomic E-state index is 0.0520. The van der Waals surface area contributed by atoms with Gasteiger partial charge in [-0.15, -0.1) is 0 Å². The number of carbonyl (C=O) groups is 2. The highest BCUT2D eigenvalue weighted by Gasteiger charge is 2.33. The fraction of sp³-hybridized carbons (Fsp3) is 0.417. The number of ether oxygens (including phenoxy) is 1. The van der Waals surface area contributed by atoms with Crippen LogP contribution >= 0.6 is 0 Å². The van der Waals surface area contributed by atoms with Crippen LogP contribution < -0.4 is 15.4 Å². The zero-order valence-electron chi connectivity index (χ0n) is 18.7. The average molecular weight is 472 g/mol. The molecule has 1 saturated heterocycles. The second-order valence-electron chi connectivity index (χ2n) is 8.49. The lowest BCUT2D eigenvalue weighted by atomic mass is 9.99. The Kier molecular flexibility index (Phi) is 6.99. The smallest absolute Gasteiger partial charge is 0.243 e. The molecule has 2 aromatic carbocycles. The van der Waals surface area contributed by atoms with Crippen molar-refractivity contribution in [3.8, 4) is 5.75 Å². The quantitative estimate of drug-likeness (QED) is 0.674. The fourth-order valence-corrected chi connectivity index (χ4v) is 5.89. The van der Waals surface area contributed by atoms with Gasteiger partial charge in [-0.1, -0.05) is 12.1 Å². The molecule has 0 radical (unpaired) electrons. The Bertz CT molecular complexity index is 1130. The number of hydrogen-bond acceptors (Lipinski definition) is 5. The summed E-state index contributed by atoms with van der Waals surface area (Å²) >= 11 is 0. The Morgan fingerprint density at radius 3 is 2.70 bits per heavy atom. The largest absolute Gasteiger partial charge is 0.497 e. The highest BCUT2D eigenvalue weighted by atomic mass is 32.2. The van der Waals surface area contributed by atoms with Crippen molar-refractivity contribution in [3.63, 3.8) is 0 Å². The molecule has 9 heteroatoms. The summed E-state index contributed by atoms with van der Waals surface area (Å²) in [5.41, 5.74) is 2.44. The zero-order chi connectivity index (χ0) is 23.4. The van der Waals surface area contributed by atoms with Gasteiger partial charge in [-0.05, 0) is 67.1 Å². The summed E-state index contributed by atoms with van der Waals surface area (Å²) < 4.78 is 33.2. The first-order valence-corrected chi connectivity index (χ1v) is 12.6. The van der Waals surface area contributed by atoms with E-state index in [1.165, 1.54) is 10.4 Å². The zero-order valence-corrected chi connectivity index (χ0v) is 19.5. The number of rotatable bonds is 6. The Morgan fingerprint density at radius 2 is 1.94 bits per heavy atom. The molecule has 0 aliphatic carbocycles. The lowest BCUT2D eigenvalue weighted by Crippen LogP contribution is -2.45. The Morgan fingerprint density at radius 1 is 1.15 bits per heavy atom. The van der Waals surface area contributed by atoms with E-state index in [0.29, 0.717) is 50.9 Å². The van der Waals surface area contributed by atoms with Gasteiger partial charge in [0.15, 0.2) is 0 Å². The van der Waals surface area contributed by atoms with Crippen molar-refractivity contribution in [2.24, 2.45) is 5.92 Å². The number of aryl methyl sites for hydroxylation is 1. The van der Waals surface area contributed by atoms with Crippen molar-refractivity contribution < 1.29 is 22.7 Å². The number of carbonyl (C=O) groups excluding carboxylic acids is 2. The number of sulfonamides is 1. The number of piperidine rings is 1. The van der Waals surface area contributed by atoms with E-state index in [4.69, 9.17) is 4.74 Å². The van der Waals surface area contributed by atoms with E-state index in [-0.39, 0.29) is 23.3 Å². The summed E-state index contributed by atoms with van der Waals surface area (Å²) in [4.78, 5) is 24.7. The van der Waals surface area contributed by atoms with Gasteiger partial charge in [-0.3, -0.25) is 9.59 Å². The third-order valence-corrected chi connectivity index (χ3v) is 8.08. The van der Waals surface area contributed by atoms with Gasteiger partial charge >= 0.3 is 0 Å². The van der Waals surface area contributed by atoms with Gasteiger partial charge in [0.25, 0.3) is 0 Å². The van der Waals surface area contributed by atoms with E-state index in [9.17, 15) is 18.0 Å². The predicted octanol–water partition coefficient (Wildman–Crippen LogP) is 2.69. The summed E-state index contributed by atoms with van der Waals surface area (Å²) in [5.74, 6) is 0.157. The second kappa shape index (κ2) is 9.93. The molecule has 1 unspecified atom stereocenters. The van der Waals surface area contributed by atoms with E-state index in [0.717, 1.165) is 16.9 Å². The van der Waals surface area contributed by atoms with E-state index in [1.807, 2.05) is 24.3 Å². The van der Waals surface area contributed by atoms with E-state index in [1.54, 1.807) is 19.2 Å². The molecule has 2 aliphatic heterocycles. The normalized spacial score (nSPS) is 19.2. The molecule has 0 spiro atoms. The van der Waals surface area contributed by atoms with Crippen LogP contribution in [0.2, 0.25) is 0 Å². The van der Waals surface area contributed by atoms with Crippen molar-refractivity contribution in [2.45, 2.75) is 43.5 Å². The topological polar surface area (TPSA) is 105 Å². The lowest BCUT2D eigenvalue weighted by Gasteiger charge is -2.31. The van der Waals surface area contributed by atoms with Crippen LogP contribution in [0.3, 0.4) is 0 Å². The van der Waals surface area contributed by atoms with Crippen molar-refractivity contribution in [1.82, 2.24) is 9.62 Å². The third-order valence-electron chi connectivity index (χ3n) is 6.22. The summed E-state index contributed by atoms with van der Waals surface area (Å²) in [6.45, 7) is 0.922. The van der Waals surface area contributed by atoms with Crippen molar-refractivity contribution in [3.05, 3.63) is 53.6 Å². The molecular weight excluding hydrogens is 442 g/mol. The molecule has 2 amide bonds. The van der Waals surface area contributed by atoms with Crippen LogP contribution in [0.15, 0.2) is 47.4 Å². The summed E-state index contributed by atoms with van der Waals surface area (Å²) in [6.07, 6.45) is 3.03. The summed E-state index contributed by atoms with van der Waals surface area (Å²) in [7, 11) is -2.14. The summed E-state index contributed by atoms with van der Waals surface area (Å²) in [5, 5.41) is 5.76. The third kappa shape index (κ3) is 5.36. The molecule has 1 fully saturated rings. The van der Waals surface area contributed by atoms with Crippen LogP contribution in [0.1, 0.15) is 36.8 Å². The van der Waals surface area contributed by atoms with E-state index < -0.39 is 15.9 Å². The van der Waals surface area contributed by atoms with Crippen LogP contribution in [0, 0.1) is 5.92 Å². The first kappa shape index (κ1) is 23.3. The number of fused-ring (bicyclic) bond motifs is 1. The fourth-order valence-electron chi connectivity index (χ4n) is 4.31. The molecule has 0 saturated carbocycles. The number of hydrogen-bond donors (Lipinski definition) is 2. The molecule has 2 N–H and O–H groups in total. The number of methoxy groups -OCH3 is 1. The van der Waals surface area contributed by atoms with Crippen LogP contribution in [0.4, 0.5) is 5.69 Å².